The Kier molecular flexibility index (Phi) is 6.60. The topological polar surface area (TPSA) is 49.6 Å². The molecule has 2 rings (SSSR count). The van der Waals surface area contributed by atoms with Gasteiger partial charge in [-0.3, -0.25) is 4.57 Å². The van der Waals surface area contributed by atoms with Gasteiger partial charge in [0.2, 0.25) is 0 Å². The van der Waals surface area contributed by atoms with Gasteiger partial charge in [-0.25, -0.2) is 4.79 Å². The minimum atomic E-state index is -4.38. The van der Waals surface area contributed by atoms with Crippen LogP contribution in [0.25, 0.3) is 5.69 Å². The molecular weight excluding hydrogens is 365 g/mol. The van der Waals surface area contributed by atoms with E-state index in [1.54, 1.807) is 10.8 Å². The van der Waals surface area contributed by atoms with Crippen molar-refractivity contribution in [3.63, 3.8) is 0 Å². The zero-order valence-electron chi connectivity index (χ0n) is 14.8. The highest BCUT2D eigenvalue weighted by molar-refractivity contribution is 7.09. The SMILES string of the molecule is Cc1cn(-c2ccc(C(F)(F)F)cc2)/c(=N/C(=O)NCCCN(C)C)s1. The Morgan fingerprint density at radius 2 is 1.92 bits per heavy atom. The van der Waals surface area contributed by atoms with Crippen LogP contribution in [-0.2, 0) is 6.18 Å². The van der Waals surface area contributed by atoms with Gasteiger partial charge in [-0.05, 0) is 58.3 Å². The van der Waals surface area contributed by atoms with Crippen LogP contribution >= 0.6 is 11.3 Å². The number of alkyl halides is 3. The summed E-state index contributed by atoms with van der Waals surface area (Å²) in [6, 6.07) is 4.29. The molecule has 0 saturated heterocycles. The van der Waals surface area contributed by atoms with Gasteiger partial charge in [0.1, 0.15) is 0 Å². The Morgan fingerprint density at radius 3 is 2.50 bits per heavy atom. The van der Waals surface area contributed by atoms with Gasteiger partial charge in [0.05, 0.1) is 5.56 Å². The van der Waals surface area contributed by atoms with Crippen molar-refractivity contribution in [1.29, 1.82) is 0 Å². The van der Waals surface area contributed by atoms with E-state index in [4.69, 9.17) is 0 Å². The van der Waals surface area contributed by atoms with Crippen molar-refractivity contribution >= 4 is 17.4 Å². The van der Waals surface area contributed by atoms with E-state index in [0.717, 1.165) is 30.0 Å². The van der Waals surface area contributed by atoms with Gasteiger partial charge in [-0.1, -0.05) is 0 Å². The van der Waals surface area contributed by atoms with E-state index in [-0.39, 0.29) is 0 Å². The molecule has 1 heterocycles. The number of hydrogen-bond donors (Lipinski definition) is 1. The van der Waals surface area contributed by atoms with Gasteiger partial charge in [-0.2, -0.15) is 18.2 Å². The summed E-state index contributed by atoms with van der Waals surface area (Å²) >= 11 is 1.30. The molecule has 0 fully saturated rings. The zero-order chi connectivity index (χ0) is 19.3. The molecule has 9 heteroatoms. The average Bonchev–Trinajstić information content (AvgIpc) is 2.91. The van der Waals surface area contributed by atoms with Gasteiger partial charge in [-0.15, -0.1) is 11.3 Å². The predicted molar refractivity (Wildman–Crippen MR) is 95.5 cm³/mol. The quantitative estimate of drug-likeness (QED) is 0.801. The second-order valence-corrected chi connectivity index (χ2v) is 7.25. The Bertz CT molecular complexity index is 807. The number of carbonyl (C=O) groups is 1. The Morgan fingerprint density at radius 1 is 1.27 bits per heavy atom. The molecule has 142 valence electrons. The van der Waals surface area contributed by atoms with E-state index >= 15 is 0 Å². The van der Waals surface area contributed by atoms with Gasteiger partial charge >= 0.3 is 12.2 Å². The molecule has 5 nitrogen and oxygen atoms in total. The molecule has 0 spiro atoms. The third-order valence-electron chi connectivity index (χ3n) is 3.50. The van der Waals surface area contributed by atoms with Crippen molar-refractivity contribution in [2.45, 2.75) is 19.5 Å². The highest BCUT2D eigenvalue weighted by atomic mass is 32.1. The first-order valence-electron chi connectivity index (χ1n) is 8.01. The van der Waals surface area contributed by atoms with E-state index in [9.17, 15) is 18.0 Å². The zero-order valence-corrected chi connectivity index (χ0v) is 15.6. The van der Waals surface area contributed by atoms with Gasteiger partial charge in [0, 0.05) is 23.3 Å². The lowest BCUT2D eigenvalue weighted by Gasteiger charge is -2.09. The van der Waals surface area contributed by atoms with Crippen LogP contribution < -0.4 is 10.1 Å². The molecule has 0 aliphatic heterocycles. The van der Waals surface area contributed by atoms with Gasteiger partial charge < -0.3 is 10.2 Å². The maximum absolute atomic E-state index is 12.7. The largest absolute Gasteiger partial charge is 0.416 e. The lowest BCUT2D eigenvalue weighted by Crippen LogP contribution is -2.27. The third-order valence-corrected chi connectivity index (χ3v) is 4.40. The van der Waals surface area contributed by atoms with Crippen molar-refractivity contribution in [2.75, 3.05) is 27.2 Å². The summed E-state index contributed by atoms with van der Waals surface area (Å²) in [5, 5.41) is 2.72. The highest BCUT2D eigenvalue weighted by Crippen LogP contribution is 2.29. The number of carbonyl (C=O) groups excluding carboxylic acids is 1. The number of hydrogen-bond acceptors (Lipinski definition) is 3. The molecule has 2 aromatic rings. The number of aryl methyl sites for hydroxylation is 1. The first-order chi connectivity index (χ1) is 12.2. The fourth-order valence-corrected chi connectivity index (χ4v) is 3.08. The van der Waals surface area contributed by atoms with Gasteiger partial charge in [0.15, 0.2) is 4.80 Å². The Labute approximate surface area is 153 Å². The van der Waals surface area contributed by atoms with Crippen LogP contribution in [0.5, 0.6) is 0 Å². The minimum absolute atomic E-state index is 0.410. The summed E-state index contributed by atoms with van der Waals surface area (Å²) in [4.78, 5) is 19.3. The number of nitrogens with one attached hydrogen (secondary N) is 1. The first-order valence-corrected chi connectivity index (χ1v) is 8.82. The summed E-state index contributed by atoms with van der Waals surface area (Å²) in [5.41, 5.74) is -0.201. The number of halogens is 3. The van der Waals surface area contributed by atoms with Crippen molar-refractivity contribution in [2.24, 2.45) is 4.99 Å². The number of benzene rings is 1. The molecule has 1 N–H and O–H groups in total. The van der Waals surface area contributed by atoms with Gasteiger partial charge in [0.25, 0.3) is 0 Å². The number of urea groups is 1. The molecule has 1 aromatic heterocycles. The number of amides is 2. The molecule has 26 heavy (non-hydrogen) atoms. The predicted octanol–water partition coefficient (Wildman–Crippen LogP) is 3.43. The van der Waals surface area contributed by atoms with Crippen LogP contribution in [-0.4, -0.2) is 42.7 Å². The second-order valence-electron chi connectivity index (χ2n) is 6.04. The smallest absolute Gasteiger partial charge is 0.336 e. The van der Waals surface area contributed by atoms with Crippen molar-refractivity contribution in [1.82, 2.24) is 14.8 Å². The van der Waals surface area contributed by atoms with Crippen LogP contribution in [0.4, 0.5) is 18.0 Å². The standard InChI is InChI=1S/C17H21F3N4OS/c1-12-11-24(14-7-5-13(6-8-14)17(18,19)20)16(26-12)22-15(25)21-9-4-10-23(2)3/h5-8,11H,4,9-10H2,1-3H3,(H,21,25)/b22-16-. The van der Waals surface area contributed by atoms with E-state index in [1.165, 1.54) is 23.5 Å². The monoisotopic (exact) mass is 386 g/mol. The van der Waals surface area contributed by atoms with E-state index in [1.807, 2.05) is 25.9 Å². The Hall–Kier alpha value is -2.13. The molecule has 1 aromatic carbocycles. The van der Waals surface area contributed by atoms with Crippen LogP contribution in [0.3, 0.4) is 0 Å². The van der Waals surface area contributed by atoms with Crippen molar-refractivity contribution in [3.05, 3.63) is 45.7 Å². The summed E-state index contributed by atoms with van der Waals surface area (Å²) in [6.45, 7) is 3.20. The van der Waals surface area contributed by atoms with Crippen LogP contribution in [0.1, 0.15) is 16.9 Å². The normalized spacial score (nSPS) is 12.7. The van der Waals surface area contributed by atoms with Crippen molar-refractivity contribution in [3.8, 4) is 5.69 Å². The number of thiazole rings is 1. The second kappa shape index (κ2) is 8.50. The molecule has 0 unspecified atom stereocenters. The summed E-state index contributed by atoms with van der Waals surface area (Å²) < 4.78 is 39.7. The van der Waals surface area contributed by atoms with Crippen molar-refractivity contribution < 1.29 is 18.0 Å². The molecule has 0 aliphatic carbocycles. The third kappa shape index (κ3) is 5.70. The number of nitrogens with zero attached hydrogens (tertiary/aromatic N) is 3. The minimum Gasteiger partial charge on any atom is -0.336 e. The molecule has 2 amide bonds. The molecule has 0 bridgehead atoms. The van der Waals surface area contributed by atoms with Crippen LogP contribution in [0.15, 0.2) is 35.5 Å². The molecule has 0 atom stereocenters. The lowest BCUT2D eigenvalue weighted by atomic mass is 10.2. The van der Waals surface area contributed by atoms with E-state index in [0.29, 0.717) is 17.0 Å². The molecule has 0 saturated carbocycles. The Balaban J connectivity index is 2.18. The lowest BCUT2D eigenvalue weighted by molar-refractivity contribution is -0.137. The van der Waals surface area contributed by atoms with Crippen LogP contribution in [0, 0.1) is 6.92 Å². The number of rotatable bonds is 5. The van der Waals surface area contributed by atoms with E-state index < -0.39 is 17.8 Å². The fraction of sp³-hybridized carbons (Fsp3) is 0.412. The fourth-order valence-electron chi connectivity index (χ4n) is 2.25. The van der Waals surface area contributed by atoms with E-state index in [2.05, 4.69) is 10.3 Å². The maximum Gasteiger partial charge on any atom is 0.416 e. The molecular formula is C17H21F3N4OS. The number of aromatic nitrogens is 1. The summed E-state index contributed by atoms with van der Waals surface area (Å²) in [5.74, 6) is 0. The maximum atomic E-state index is 12.7. The molecule has 0 radical (unpaired) electrons. The summed E-state index contributed by atoms with van der Waals surface area (Å²) in [6.07, 6.45) is -1.84. The summed E-state index contributed by atoms with van der Waals surface area (Å²) in [7, 11) is 3.90. The van der Waals surface area contributed by atoms with Crippen LogP contribution in [0.2, 0.25) is 0 Å². The first kappa shape index (κ1) is 20.2. The highest BCUT2D eigenvalue weighted by Gasteiger charge is 2.30. The molecule has 0 aliphatic rings. The average molecular weight is 386 g/mol.